The molecule has 108 valence electrons. The van der Waals surface area contributed by atoms with E-state index >= 15 is 0 Å². The molecule has 1 aliphatic rings. The van der Waals surface area contributed by atoms with Crippen molar-refractivity contribution in [2.75, 3.05) is 26.7 Å². The molecule has 0 atom stereocenters. The molecule has 0 saturated carbocycles. The molecule has 2 heterocycles. The van der Waals surface area contributed by atoms with Crippen LogP contribution >= 0.6 is 12.4 Å². The third kappa shape index (κ3) is 3.98. The van der Waals surface area contributed by atoms with Gasteiger partial charge in [-0.15, -0.1) is 12.4 Å². The van der Waals surface area contributed by atoms with Gasteiger partial charge >= 0.3 is 0 Å². The van der Waals surface area contributed by atoms with Gasteiger partial charge in [-0.25, -0.2) is 0 Å². The number of piperidine rings is 1. The minimum atomic E-state index is 0. The van der Waals surface area contributed by atoms with Crippen molar-refractivity contribution in [2.24, 2.45) is 5.92 Å². The van der Waals surface area contributed by atoms with Gasteiger partial charge in [-0.05, 0) is 51.8 Å². The molecule has 1 amide bonds. The number of aromatic amines is 1. The fourth-order valence-corrected chi connectivity index (χ4v) is 2.63. The number of aryl methyl sites for hydroxylation is 1. The number of carbonyl (C=O) groups is 1. The Balaban J connectivity index is 0.00000180. The highest BCUT2D eigenvalue weighted by Crippen LogP contribution is 2.22. The lowest BCUT2D eigenvalue weighted by atomic mass is 9.93. The Hall–Kier alpha value is -1.00. The van der Waals surface area contributed by atoms with Crippen molar-refractivity contribution < 1.29 is 4.79 Å². The van der Waals surface area contributed by atoms with Gasteiger partial charge in [0.25, 0.3) is 5.91 Å². The van der Waals surface area contributed by atoms with E-state index in [2.05, 4.69) is 10.3 Å². The van der Waals surface area contributed by atoms with E-state index in [1.54, 1.807) is 0 Å². The zero-order valence-electron chi connectivity index (χ0n) is 11.7. The smallest absolute Gasteiger partial charge is 0.255 e. The SMILES string of the molecule is CNCCC1CCN(C(=O)c2cc[nH]c2C)CC1.Cl. The van der Waals surface area contributed by atoms with Crippen LogP contribution in [0.25, 0.3) is 0 Å². The van der Waals surface area contributed by atoms with Crippen molar-refractivity contribution in [3.63, 3.8) is 0 Å². The first-order valence-corrected chi connectivity index (χ1v) is 6.80. The molecule has 1 saturated heterocycles. The molecular formula is C14H24ClN3O. The number of carbonyl (C=O) groups excluding carboxylic acids is 1. The van der Waals surface area contributed by atoms with E-state index in [1.165, 1.54) is 6.42 Å². The van der Waals surface area contributed by atoms with Crippen LogP contribution in [-0.4, -0.2) is 42.5 Å². The van der Waals surface area contributed by atoms with Crippen molar-refractivity contribution in [1.29, 1.82) is 0 Å². The number of nitrogens with one attached hydrogen (secondary N) is 2. The fraction of sp³-hybridized carbons (Fsp3) is 0.643. The fourth-order valence-electron chi connectivity index (χ4n) is 2.63. The molecule has 2 rings (SSSR count). The highest BCUT2D eigenvalue weighted by Gasteiger charge is 2.24. The Morgan fingerprint density at radius 3 is 2.68 bits per heavy atom. The van der Waals surface area contributed by atoms with Gasteiger partial charge in [-0.2, -0.15) is 0 Å². The maximum absolute atomic E-state index is 12.3. The van der Waals surface area contributed by atoms with E-state index in [1.807, 2.05) is 31.1 Å². The maximum Gasteiger partial charge on any atom is 0.255 e. The van der Waals surface area contributed by atoms with Crippen LogP contribution in [-0.2, 0) is 0 Å². The second kappa shape index (κ2) is 7.56. The predicted molar refractivity (Wildman–Crippen MR) is 79.9 cm³/mol. The number of halogens is 1. The van der Waals surface area contributed by atoms with Crippen molar-refractivity contribution >= 4 is 18.3 Å². The Morgan fingerprint density at radius 1 is 1.47 bits per heavy atom. The lowest BCUT2D eigenvalue weighted by Crippen LogP contribution is -2.39. The van der Waals surface area contributed by atoms with Gasteiger partial charge in [0.2, 0.25) is 0 Å². The number of H-pyrrole nitrogens is 1. The molecule has 0 bridgehead atoms. The molecule has 5 heteroatoms. The number of nitrogens with zero attached hydrogens (tertiary/aromatic N) is 1. The molecule has 2 N–H and O–H groups in total. The number of likely N-dealkylation sites (tertiary alicyclic amines) is 1. The molecule has 0 spiro atoms. The Morgan fingerprint density at radius 2 is 2.16 bits per heavy atom. The van der Waals surface area contributed by atoms with Gasteiger partial charge < -0.3 is 15.2 Å². The number of hydrogen-bond acceptors (Lipinski definition) is 2. The van der Waals surface area contributed by atoms with E-state index < -0.39 is 0 Å². The van der Waals surface area contributed by atoms with Crippen LogP contribution in [0.4, 0.5) is 0 Å². The average molecular weight is 286 g/mol. The monoisotopic (exact) mass is 285 g/mol. The van der Waals surface area contributed by atoms with Crippen LogP contribution in [0.5, 0.6) is 0 Å². The summed E-state index contributed by atoms with van der Waals surface area (Å²) in [5, 5.41) is 3.19. The summed E-state index contributed by atoms with van der Waals surface area (Å²) in [6.07, 6.45) is 5.33. The van der Waals surface area contributed by atoms with Crippen LogP contribution in [0.1, 0.15) is 35.3 Å². The Bertz CT molecular complexity index is 397. The van der Waals surface area contributed by atoms with Crippen LogP contribution < -0.4 is 5.32 Å². The third-order valence-corrected chi connectivity index (χ3v) is 3.89. The summed E-state index contributed by atoms with van der Waals surface area (Å²) >= 11 is 0. The first kappa shape index (κ1) is 16.1. The minimum Gasteiger partial charge on any atom is -0.365 e. The first-order chi connectivity index (χ1) is 8.72. The normalized spacial score (nSPS) is 16.2. The van der Waals surface area contributed by atoms with E-state index in [4.69, 9.17) is 0 Å². The van der Waals surface area contributed by atoms with Crippen LogP contribution in [0, 0.1) is 12.8 Å². The quantitative estimate of drug-likeness (QED) is 0.891. The molecular weight excluding hydrogens is 262 g/mol. The van der Waals surface area contributed by atoms with Gasteiger partial charge in [0.05, 0.1) is 5.56 Å². The molecule has 1 aliphatic heterocycles. The van der Waals surface area contributed by atoms with Crippen LogP contribution in [0.2, 0.25) is 0 Å². The van der Waals surface area contributed by atoms with E-state index in [9.17, 15) is 4.79 Å². The standard InChI is InChI=1S/C14H23N3O.ClH/c1-11-13(4-8-16-11)14(18)17-9-5-12(6-10-17)3-7-15-2;/h4,8,12,15-16H,3,5-7,9-10H2,1-2H3;1H. The molecule has 1 aromatic heterocycles. The third-order valence-electron chi connectivity index (χ3n) is 3.89. The van der Waals surface area contributed by atoms with Crippen molar-refractivity contribution in [1.82, 2.24) is 15.2 Å². The molecule has 0 radical (unpaired) electrons. The van der Waals surface area contributed by atoms with Crippen LogP contribution in [0.15, 0.2) is 12.3 Å². The van der Waals surface area contributed by atoms with E-state index in [0.717, 1.165) is 49.7 Å². The van der Waals surface area contributed by atoms with Gasteiger partial charge in [0.15, 0.2) is 0 Å². The maximum atomic E-state index is 12.3. The van der Waals surface area contributed by atoms with Crippen molar-refractivity contribution in [3.8, 4) is 0 Å². The lowest BCUT2D eigenvalue weighted by molar-refractivity contribution is 0.0686. The molecule has 0 aromatic carbocycles. The van der Waals surface area contributed by atoms with Gasteiger partial charge in [0, 0.05) is 25.0 Å². The van der Waals surface area contributed by atoms with Gasteiger partial charge in [0.1, 0.15) is 0 Å². The molecule has 1 aromatic rings. The number of aromatic nitrogens is 1. The van der Waals surface area contributed by atoms with Gasteiger partial charge in [-0.3, -0.25) is 4.79 Å². The Kier molecular flexibility index (Phi) is 6.38. The van der Waals surface area contributed by atoms with E-state index in [-0.39, 0.29) is 18.3 Å². The van der Waals surface area contributed by atoms with Crippen molar-refractivity contribution in [2.45, 2.75) is 26.2 Å². The summed E-state index contributed by atoms with van der Waals surface area (Å²) in [4.78, 5) is 17.4. The second-order valence-electron chi connectivity index (χ2n) is 5.14. The number of rotatable bonds is 4. The number of amides is 1. The molecule has 0 aliphatic carbocycles. The highest BCUT2D eigenvalue weighted by atomic mass is 35.5. The zero-order chi connectivity index (χ0) is 13.0. The minimum absolute atomic E-state index is 0. The predicted octanol–water partition coefficient (Wildman–Crippen LogP) is 2.21. The average Bonchev–Trinajstić information content (AvgIpc) is 2.82. The summed E-state index contributed by atoms with van der Waals surface area (Å²) in [5.41, 5.74) is 1.79. The van der Waals surface area contributed by atoms with E-state index in [0.29, 0.717) is 0 Å². The first-order valence-electron chi connectivity index (χ1n) is 6.80. The molecule has 4 nitrogen and oxygen atoms in total. The topological polar surface area (TPSA) is 48.1 Å². The van der Waals surface area contributed by atoms with Crippen LogP contribution in [0.3, 0.4) is 0 Å². The van der Waals surface area contributed by atoms with Crippen molar-refractivity contribution in [3.05, 3.63) is 23.5 Å². The second-order valence-corrected chi connectivity index (χ2v) is 5.14. The largest absolute Gasteiger partial charge is 0.365 e. The highest BCUT2D eigenvalue weighted by molar-refractivity contribution is 5.95. The molecule has 19 heavy (non-hydrogen) atoms. The lowest BCUT2D eigenvalue weighted by Gasteiger charge is -2.32. The molecule has 0 unspecified atom stereocenters. The summed E-state index contributed by atoms with van der Waals surface area (Å²) in [7, 11) is 1.99. The Labute approximate surface area is 121 Å². The number of hydrogen-bond donors (Lipinski definition) is 2. The molecule has 1 fully saturated rings. The summed E-state index contributed by atoms with van der Waals surface area (Å²) < 4.78 is 0. The van der Waals surface area contributed by atoms with Gasteiger partial charge in [-0.1, -0.05) is 0 Å². The summed E-state index contributed by atoms with van der Waals surface area (Å²) in [6, 6.07) is 1.88. The zero-order valence-corrected chi connectivity index (χ0v) is 12.6. The summed E-state index contributed by atoms with van der Waals surface area (Å²) in [5.74, 6) is 0.953. The summed E-state index contributed by atoms with van der Waals surface area (Å²) in [6.45, 7) is 4.83.